The van der Waals surface area contributed by atoms with Gasteiger partial charge in [-0.15, -0.1) is 0 Å². The highest BCUT2D eigenvalue weighted by Gasteiger charge is 2.38. The number of fused-ring (bicyclic) bond motifs is 2. The predicted molar refractivity (Wildman–Crippen MR) is 333 cm³/mol. The summed E-state index contributed by atoms with van der Waals surface area (Å²) in [5.74, 6) is 0.221. The second-order valence-electron chi connectivity index (χ2n) is 22.0. The van der Waals surface area contributed by atoms with E-state index in [4.69, 9.17) is 47.4 Å². The van der Waals surface area contributed by atoms with Crippen molar-refractivity contribution >= 4 is 45.4 Å². The van der Waals surface area contributed by atoms with E-state index in [0.717, 1.165) is 56.6 Å². The van der Waals surface area contributed by atoms with Crippen LogP contribution in [0.25, 0.3) is 54.9 Å². The molecule has 0 N–H and O–H groups in total. The van der Waals surface area contributed by atoms with Gasteiger partial charge in [0, 0.05) is 22.0 Å². The topological polar surface area (TPSA) is 161 Å². The molecule has 0 aliphatic carbocycles. The Bertz CT molecular complexity index is 3830. The van der Waals surface area contributed by atoms with E-state index in [1.807, 2.05) is 109 Å². The molecule has 0 saturated carbocycles. The molecule has 0 spiro atoms. The third-order valence-electron chi connectivity index (χ3n) is 16.2. The Morgan fingerprint density at radius 1 is 0.352 bits per heavy atom. The van der Waals surface area contributed by atoms with Gasteiger partial charge in [-0.25, -0.2) is 19.2 Å². The average Bonchev–Trinajstić information content (AvgIpc) is 1.17. The van der Waals surface area contributed by atoms with Crippen LogP contribution in [-0.2, 0) is 18.9 Å². The lowest BCUT2D eigenvalue weighted by Crippen LogP contribution is -2.45. The van der Waals surface area contributed by atoms with Crippen LogP contribution >= 0.6 is 0 Å². The molecular weight excluding hydrogens is 1110 g/mol. The van der Waals surface area contributed by atoms with E-state index in [2.05, 4.69) is 13.8 Å². The van der Waals surface area contributed by atoms with Crippen molar-refractivity contribution in [1.82, 2.24) is 0 Å². The summed E-state index contributed by atoms with van der Waals surface area (Å²) in [6.45, 7) is 8.36. The Labute approximate surface area is 509 Å². The van der Waals surface area contributed by atoms with Crippen molar-refractivity contribution in [1.29, 1.82) is 0 Å². The summed E-state index contributed by atoms with van der Waals surface area (Å²) in [6.07, 6.45) is 1.96. The van der Waals surface area contributed by atoms with Gasteiger partial charge in [0.25, 0.3) is 0 Å². The molecule has 0 amide bonds. The Kier molecular flexibility index (Phi) is 17.5. The van der Waals surface area contributed by atoms with Gasteiger partial charge in [0.15, 0.2) is 13.6 Å². The number of benzene rings is 10. The molecule has 10 aromatic carbocycles. The number of ether oxygens (including phenoxy) is 10. The summed E-state index contributed by atoms with van der Waals surface area (Å²) in [5, 5.41) is 3.33. The molecule has 0 unspecified atom stereocenters. The lowest BCUT2D eigenvalue weighted by atomic mass is 9.84. The third kappa shape index (κ3) is 13.2. The van der Waals surface area contributed by atoms with Crippen LogP contribution in [0.3, 0.4) is 0 Å². The van der Waals surface area contributed by atoms with Crippen molar-refractivity contribution in [3.8, 4) is 67.9 Å². The molecule has 0 radical (unpaired) electrons. The monoisotopic (exact) mass is 1170 g/mol. The lowest BCUT2D eigenvalue weighted by molar-refractivity contribution is -0.162. The molecule has 2 saturated heterocycles. The molecule has 442 valence electrons. The van der Waals surface area contributed by atoms with Gasteiger partial charge in [0.05, 0.1) is 61.9 Å². The Morgan fingerprint density at radius 3 is 0.989 bits per heavy atom. The molecule has 2 aliphatic rings. The summed E-state index contributed by atoms with van der Waals surface area (Å²) < 4.78 is 57.6. The van der Waals surface area contributed by atoms with Crippen LogP contribution in [-0.4, -0.2) is 77.1 Å². The van der Waals surface area contributed by atoms with Gasteiger partial charge in [-0.3, -0.25) is 0 Å². The molecule has 2 heterocycles. The molecule has 2 fully saturated rings. The normalized spacial score (nSPS) is 13.8. The van der Waals surface area contributed by atoms with Crippen LogP contribution in [0, 0.1) is 10.8 Å². The van der Waals surface area contributed by atoms with Gasteiger partial charge < -0.3 is 47.4 Å². The molecule has 0 atom stereocenters. The maximum absolute atomic E-state index is 14.2. The molecule has 10 aromatic rings. The fourth-order valence-electron chi connectivity index (χ4n) is 10.5. The van der Waals surface area contributed by atoms with E-state index in [1.165, 1.54) is 0 Å². The van der Waals surface area contributed by atoms with E-state index in [0.29, 0.717) is 96.0 Å². The van der Waals surface area contributed by atoms with Crippen molar-refractivity contribution in [3.63, 3.8) is 0 Å². The molecule has 12 rings (SSSR count). The first-order valence-electron chi connectivity index (χ1n) is 29.1. The highest BCUT2D eigenvalue weighted by atomic mass is 16.7. The minimum atomic E-state index is -0.590. The first-order chi connectivity index (χ1) is 43.0. The average molecular weight is 1180 g/mol. The fourth-order valence-corrected chi connectivity index (χ4v) is 10.5. The van der Waals surface area contributed by atoms with Gasteiger partial charge >= 0.3 is 23.9 Å². The van der Waals surface area contributed by atoms with Gasteiger partial charge in [-0.2, -0.15) is 0 Å². The highest BCUT2D eigenvalue weighted by molar-refractivity contribution is 6.11. The largest absolute Gasteiger partial charge is 0.468 e. The van der Waals surface area contributed by atoms with Crippen molar-refractivity contribution in [2.45, 2.75) is 26.7 Å². The molecule has 88 heavy (non-hydrogen) atoms. The van der Waals surface area contributed by atoms with E-state index in [9.17, 15) is 19.2 Å². The van der Waals surface area contributed by atoms with Gasteiger partial charge in [-0.1, -0.05) is 123 Å². The summed E-state index contributed by atoms with van der Waals surface area (Å²) >= 11 is 0. The Morgan fingerprint density at radius 2 is 0.659 bits per heavy atom. The van der Waals surface area contributed by atoms with Gasteiger partial charge in [-0.05, 0) is 166 Å². The highest BCUT2D eigenvalue weighted by Crippen LogP contribution is 2.46. The number of hydrogen-bond acceptors (Lipinski definition) is 14. The quantitative estimate of drug-likeness (QED) is 0.0257. The number of hydrogen-bond donors (Lipinski definition) is 0. The minimum Gasteiger partial charge on any atom is -0.468 e. The number of rotatable bonds is 23. The van der Waals surface area contributed by atoms with Crippen molar-refractivity contribution < 1.29 is 66.5 Å². The van der Waals surface area contributed by atoms with Crippen LogP contribution in [0.15, 0.2) is 218 Å². The summed E-state index contributed by atoms with van der Waals surface area (Å²) in [4.78, 5) is 54.5. The summed E-state index contributed by atoms with van der Waals surface area (Å²) in [5.41, 5.74) is 5.96. The first-order valence-corrected chi connectivity index (χ1v) is 29.1. The third-order valence-corrected chi connectivity index (χ3v) is 16.2. The van der Waals surface area contributed by atoms with Crippen LogP contribution < -0.4 is 28.4 Å². The SMILES string of the molecule is CCC1(COCOc2ccc(C(=O)Oc3ccc(-c4ccc(C(=O)Oc5ccc6ccccc6c5-c5c(OC(=O)c6ccc(-c7ccc(OC(=O)c8ccc(OCOCC9(CC)COC9)cc8)cc7)cc6)ccc6ccccc56)cc4)cc3)cc2)COC1. The molecular formula is C74H62O14. The van der Waals surface area contributed by atoms with Crippen LogP contribution in [0.2, 0.25) is 0 Å². The Hall–Kier alpha value is -9.96. The smallest absolute Gasteiger partial charge is 0.343 e. The molecule has 0 bridgehead atoms. The van der Waals surface area contributed by atoms with Crippen molar-refractivity contribution in [2.75, 3.05) is 53.2 Å². The van der Waals surface area contributed by atoms with E-state index in [-0.39, 0.29) is 35.9 Å². The molecule has 2 aliphatic heterocycles. The second kappa shape index (κ2) is 26.3. The Balaban J connectivity index is 0.689. The number of esters is 4. The minimum absolute atomic E-state index is 0.0659. The van der Waals surface area contributed by atoms with Gasteiger partial charge in [0.1, 0.15) is 34.5 Å². The van der Waals surface area contributed by atoms with Gasteiger partial charge in [0.2, 0.25) is 0 Å². The summed E-state index contributed by atoms with van der Waals surface area (Å²) in [7, 11) is 0. The summed E-state index contributed by atoms with van der Waals surface area (Å²) in [6, 6.07) is 64.5. The van der Waals surface area contributed by atoms with E-state index < -0.39 is 23.9 Å². The molecule has 0 aromatic heterocycles. The zero-order chi connectivity index (χ0) is 60.5. The lowest BCUT2D eigenvalue weighted by Gasteiger charge is -2.40. The van der Waals surface area contributed by atoms with Crippen LogP contribution in [0.4, 0.5) is 0 Å². The predicted octanol–water partition coefficient (Wildman–Crippen LogP) is 15.4. The molecule has 14 heteroatoms. The van der Waals surface area contributed by atoms with Crippen molar-refractivity contribution in [3.05, 3.63) is 241 Å². The molecule has 14 nitrogen and oxygen atoms in total. The second-order valence-corrected chi connectivity index (χ2v) is 22.0. The van der Waals surface area contributed by atoms with Crippen molar-refractivity contribution in [2.24, 2.45) is 10.8 Å². The van der Waals surface area contributed by atoms with Crippen LogP contribution in [0.5, 0.6) is 34.5 Å². The zero-order valence-corrected chi connectivity index (χ0v) is 48.6. The fraction of sp³-hybridized carbons (Fsp3) is 0.189. The first kappa shape index (κ1) is 58.4. The zero-order valence-electron chi connectivity index (χ0n) is 48.6. The standard InChI is InChI=1S/C74H62O14/c1-3-73(41-79-42-73)45-81-47-83-59-31-25-57(26-32-59)69(75)85-61-35-21-51(22-36-61)49-13-17-55(18-14-49)71(77)87-65-39-29-53-9-5-7-11-63(53)67(65)68-64-12-8-6-10-54(64)30-40-66(68)88-72(78)56-19-15-50(16-20-56)52-23-37-62(38-24-52)86-70(76)58-27-33-60(34-28-58)84-48-82-46-74(4-2)43-80-44-74/h5-40H,3-4,41-48H2,1-2H3. The van der Waals surface area contributed by atoms with E-state index >= 15 is 0 Å². The van der Waals surface area contributed by atoms with Crippen LogP contribution in [0.1, 0.15) is 68.1 Å². The maximum Gasteiger partial charge on any atom is 0.343 e. The van der Waals surface area contributed by atoms with E-state index in [1.54, 1.807) is 109 Å². The number of carbonyl (C=O) groups excluding carboxylic acids is 4. The maximum atomic E-state index is 14.2. The number of carbonyl (C=O) groups is 4.